The maximum Gasteiger partial charge on any atom is 0.211 e. The molecule has 6 nitrogen and oxygen atoms in total. The summed E-state index contributed by atoms with van der Waals surface area (Å²) in [5, 5.41) is 8.38. The zero-order chi connectivity index (χ0) is 14.8. The molecule has 0 saturated carbocycles. The Kier molecular flexibility index (Phi) is 4.59. The van der Waals surface area contributed by atoms with Crippen LogP contribution in [0.1, 0.15) is 18.5 Å². The van der Waals surface area contributed by atoms with Gasteiger partial charge in [-0.1, -0.05) is 0 Å². The predicted molar refractivity (Wildman–Crippen MR) is 79.2 cm³/mol. The highest BCUT2D eigenvalue weighted by molar-refractivity contribution is 7.88. The third-order valence-corrected chi connectivity index (χ3v) is 4.88. The molecule has 1 aromatic rings. The quantitative estimate of drug-likeness (QED) is 0.821. The molecule has 2 heterocycles. The molecular weight excluding hydrogens is 276 g/mol. The molecular formula is C13H22N4O2S. The van der Waals surface area contributed by atoms with Gasteiger partial charge in [0.25, 0.3) is 0 Å². The van der Waals surface area contributed by atoms with Crippen LogP contribution in [0.4, 0.5) is 5.82 Å². The van der Waals surface area contributed by atoms with Gasteiger partial charge >= 0.3 is 0 Å². The van der Waals surface area contributed by atoms with Gasteiger partial charge in [-0.3, -0.25) is 0 Å². The average Bonchev–Trinajstić information content (AvgIpc) is 2.38. The highest BCUT2D eigenvalue weighted by Crippen LogP contribution is 2.22. The number of piperidine rings is 1. The van der Waals surface area contributed by atoms with Crippen LogP contribution in [0.5, 0.6) is 0 Å². The molecule has 1 atom stereocenters. The van der Waals surface area contributed by atoms with Gasteiger partial charge in [-0.25, -0.2) is 12.7 Å². The van der Waals surface area contributed by atoms with Gasteiger partial charge in [-0.15, -0.1) is 5.10 Å². The fourth-order valence-electron chi connectivity index (χ4n) is 2.49. The SMILES string of the molecule is CN(C)c1ccc(CC2CCCN(S(C)(=O)=O)C2)nn1. The van der Waals surface area contributed by atoms with E-state index in [2.05, 4.69) is 10.2 Å². The van der Waals surface area contributed by atoms with Crippen molar-refractivity contribution in [2.24, 2.45) is 5.92 Å². The molecule has 0 aromatic carbocycles. The van der Waals surface area contributed by atoms with Crippen molar-refractivity contribution in [1.29, 1.82) is 0 Å². The van der Waals surface area contributed by atoms with Crippen LogP contribution in [-0.4, -0.2) is 56.4 Å². The monoisotopic (exact) mass is 298 g/mol. The van der Waals surface area contributed by atoms with Crippen LogP contribution >= 0.6 is 0 Å². The van der Waals surface area contributed by atoms with E-state index in [0.29, 0.717) is 19.0 Å². The molecule has 0 amide bonds. The second kappa shape index (κ2) is 6.05. The molecule has 0 radical (unpaired) electrons. The summed E-state index contributed by atoms with van der Waals surface area (Å²) in [6.45, 7) is 1.23. The Morgan fingerprint density at radius 3 is 2.65 bits per heavy atom. The van der Waals surface area contributed by atoms with Gasteiger partial charge in [-0.2, -0.15) is 5.10 Å². The van der Waals surface area contributed by atoms with Gasteiger partial charge in [-0.05, 0) is 37.3 Å². The van der Waals surface area contributed by atoms with E-state index in [1.165, 1.54) is 6.26 Å². The van der Waals surface area contributed by atoms with Crippen molar-refractivity contribution in [2.75, 3.05) is 38.3 Å². The molecule has 1 aromatic heterocycles. The van der Waals surface area contributed by atoms with Crippen LogP contribution in [0.15, 0.2) is 12.1 Å². The molecule has 7 heteroatoms. The minimum atomic E-state index is -3.08. The number of aromatic nitrogens is 2. The maximum absolute atomic E-state index is 11.6. The molecule has 1 aliphatic rings. The van der Waals surface area contributed by atoms with Gasteiger partial charge in [0.05, 0.1) is 11.9 Å². The van der Waals surface area contributed by atoms with Crippen molar-refractivity contribution in [3.8, 4) is 0 Å². The fraction of sp³-hybridized carbons (Fsp3) is 0.692. The van der Waals surface area contributed by atoms with Gasteiger partial charge in [0.2, 0.25) is 10.0 Å². The van der Waals surface area contributed by atoms with Gasteiger partial charge < -0.3 is 4.90 Å². The number of hydrogen-bond donors (Lipinski definition) is 0. The topological polar surface area (TPSA) is 66.4 Å². The summed E-state index contributed by atoms with van der Waals surface area (Å²) in [5.41, 5.74) is 0.927. The average molecular weight is 298 g/mol. The van der Waals surface area contributed by atoms with E-state index in [4.69, 9.17) is 0 Å². The highest BCUT2D eigenvalue weighted by atomic mass is 32.2. The van der Waals surface area contributed by atoms with E-state index in [1.807, 2.05) is 31.1 Å². The summed E-state index contributed by atoms with van der Waals surface area (Å²) in [5.74, 6) is 1.16. The Morgan fingerprint density at radius 2 is 2.10 bits per heavy atom. The molecule has 1 aliphatic heterocycles. The standard InChI is InChI=1S/C13H22N4O2S/c1-16(2)13-7-6-12(14-15-13)9-11-5-4-8-17(10-11)20(3,18)19/h6-7,11H,4-5,8-10H2,1-3H3. The van der Waals surface area contributed by atoms with Crippen LogP contribution in [-0.2, 0) is 16.4 Å². The Hall–Kier alpha value is -1.21. The number of rotatable bonds is 4. The first-order valence-electron chi connectivity index (χ1n) is 6.81. The van der Waals surface area contributed by atoms with E-state index in [9.17, 15) is 8.42 Å². The van der Waals surface area contributed by atoms with Crippen molar-refractivity contribution < 1.29 is 8.42 Å². The number of anilines is 1. The normalized spacial score (nSPS) is 20.9. The summed E-state index contributed by atoms with van der Waals surface area (Å²) in [6.07, 6.45) is 4.03. The van der Waals surface area contributed by atoms with E-state index in [-0.39, 0.29) is 0 Å². The predicted octanol–water partition coefficient (Wildman–Crippen LogP) is 0.757. The third-order valence-electron chi connectivity index (χ3n) is 3.61. The Morgan fingerprint density at radius 1 is 1.35 bits per heavy atom. The first-order valence-corrected chi connectivity index (χ1v) is 8.66. The first kappa shape index (κ1) is 15.2. The van der Waals surface area contributed by atoms with Crippen LogP contribution in [0.3, 0.4) is 0 Å². The molecule has 2 rings (SSSR count). The van der Waals surface area contributed by atoms with Crippen LogP contribution in [0, 0.1) is 5.92 Å². The molecule has 0 aliphatic carbocycles. The van der Waals surface area contributed by atoms with Crippen molar-refractivity contribution in [3.05, 3.63) is 17.8 Å². The summed E-state index contributed by atoms with van der Waals surface area (Å²) in [7, 11) is 0.772. The molecule has 0 N–H and O–H groups in total. The Labute approximate surface area is 120 Å². The van der Waals surface area contributed by atoms with Crippen molar-refractivity contribution in [3.63, 3.8) is 0 Å². The van der Waals surface area contributed by atoms with Crippen LogP contribution < -0.4 is 4.90 Å². The molecule has 0 spiro atoms. The summed E-state index contributed by atoms with van der Waals surface area (Å²) < 4.78 is 24.8. The van der Waals surface area contributed by atoms with Crippen LogP contribution in [0.25, 0.3) is 0 Å². The van der Waals surface area contributed by atoms with Crippen molar-refractivity contribution in [1.82, 2.24) is 14.5 Å². The Balaban J connectivity index is 1.99. The number of nitrogens with zero attached hydrogens (tertiary/aromatic N) is 4. The maximum atomic E-state index is 11.6. The summed E-state index contributed by atoms with van der Waals surface area (Å²) >= 11 is 0. The Bertz CT molecular complexity index is 542. The fourth-order valence-corrected chi connectivity index (χ4v) is 3.43. The van der Waals surface area contributed by atoms with Crippen molar-refractivity contribution >= 4 is 15.8 Å². The minimum Gasteiger partial charge on any atom is -0.361 e. The molecule has 1 saturated heterocycles. The third kappa shape index (κ3) is 3.89. The molecule has 1 fully saturated rings. The summed E-state index contributed by atoms with van der Waals surface area (Å²) in [4.78, 5) is 1.91. The zero-order valence-electron chi connectivity index (χ0n) is 12.3. The molecule has 1 unspecified atom stereocenters. The second-order valence-electron chi connectivity index (χ2n) is 5.61. The van der Waals surface area contributed by atoms with Gasteiger partial charge in [0.1, 0.15) is 0 Å². The molecule has 0 bridgehead atoms. The first-order chi connectivity index (χ1) is 9.36. The molecule has 112 valence electrons. The largest absolute Gasteiger partial charge is 0.361 e. The van der Waals surface area contributed by atoms with Gasteiger partial charge in [0, 0.05) is 27.2 Å². The lowest BCUT2D eigenvalue weighted by Gasteiger charge is -2.30. The van der Waals surface area contributed by atoms with E-state index < -0.39 is 10.0 Å². The van der Waals surface area contributed by atoms with E-state index in [0.717, 1.165) is 30.8 Å². The number of sulfonamides is 1. The highest BCUT2D eigenvalue weighted by Gasteiger charge is 2.26. The van der Waals surface area contributed by atoms with Crippen LogP contribution in [0.2, 0.25) is 0 Å². The van der Waals surface area contributed by atoms with E-state index >= 15 is 0 Å². The number of hydrogen-bond acceptors (Lipinski definition) is 5. The van der Waals surface area contributed by atoms with Gasteiger partial charge in [0.15, 0.2) is 5.82 Å². The smallest absolute Gasteiger partial charge is 0.211 e. The lowest BCUT2D eigenvalue weighted by atomic mass is 9.94. The van der Waals surface area contributed by atoms with Crippen molar-refractivity contribution in [2.45, 2.75) is 19.3 Å². The minimum absolute atomic E-state index is 0.331. The molecule has 20 heavy (non-hydrogen) atoms. The summed E-state index contributed by atoms with van der Waals surface area (Å²) in [6, 6.07) is 3.92. The lowest BCUT2D eigenvalue weighted by Crippen LogP contribution is -2.39. The van der Waals surface area contributed by atoms with E-state index in [1.54, 1.807) is 4.31 Å². The lowest BCUT2D eigenvalue weighted by molar-refractivity contribution is 0.265. The zero-order valence-corrected chi connectivity index (χ0v) is 13.1. The second-order valence-corrected chi connectivity index (χ2v) is 7.59.